The Morgan fingerprint density at radius 2 is 2.04 bits per heavy atom. The van der Waals surface area contributed by atoms with Crippen molar-refractivity contribution in [1.82, 2.24) is 14.8 Å². The number of carbonyl (C=O) groups excluding carboxylic acids is 1. The summed E-state index contributed by atoms with van der Waals surface area (Å²) < 4.78 is 1.48. The van der Waals surface area contributed by atoms with E-state index in [9.17, 15) is 9.59 Å². The summed E-state index contributed by atoms with van der Waals surface area (Å²) in [6.45, 7) is 4.94. The number of pyridine rings is 1. The monoisotopic (exact) mass is 313 g/mol. The fourth-order valence-electron chi connectivity index (χ4n) is 3.45. The van der Waals surface area contributed by atoms with Gasteiger partial charge in [-0.25, -0.2) is 0 Å². The second-order valence-electron chi connectivity index (χ2n) is 6.14. The summed E-state index contributed by atoms with van der Waals surface area (Å²) >= 11 is 0. The maximum atomic E-state index is 12.6. The summed E-state index contributed by atoms with van der Waals surface area (Å²) in [4.78, 5) is 27.2. The Morgan fingerprint density at radius 3 is 2.78 bits per heavy atom. The first-order valence-electron chi connectivity index (χ1n) is 8.22. The number of benzene rings is 1. The Hall–Kier alpha value is -2.14. The van der Waals surface area contributed by atoms with Gasteiger partial charge in [0.25, 0.3) is 11.5 Å². The standard InChI is InChI=1S/C18H23N3O2/c1-3-21-10-6-7-13(21)11-19-17(22)16-12-20(2)18(23)15-9-5-4-8-14(15)16/h4-5,8-9,12-13H,3,6-7,10-11H2,1-2H3,(H,19,22)/t13-/m1/s1. The Labute approximate surface area is 135 Å². The second-order valence-corrected chi connectivity index (χ2v) is 6.14. The number of hydrogen-bond donors (Lipinski definition) is 1. The van der Waals surface area contributed by atoms with Crippen molar-refractivity contribution in [2.75, 3.05) is 19.6 Å². The highest BCUT2D eigenvalue weighted by molar-refractivity contribution is 6.06. The molecule has 2 aromatic rings. The molecule has 3 rings (SSSR count). The molecule has 1 aliphatic rings. The first-order chi connectivity index (χ1) is 11.1. The average molecular weight is 313 g/mol. The van der Waals surface area contributed by atoms with Crippen LogP contribution in [0, 0.1) is 0 Å². The fraction of sp³-hybridized carbons (Fsp3) is 0.444. The zero-order valence-electron chi connectivity index (χ0n) is 13.7. The van der Waals surface area contributed by atoms with Crippen molar-refractivity contribution < 1.29 is 4.79 Å². The van der Waals surface area contributed by atoms with Crippen LogP contribution in [0.2, 0.25) is 0 Å². The number of aromatic nitrogens is 1. The lowest BCUT2D eigenvalue weighted by Gasteiger charge is -2.23. The van der Waals surface area contributed by atoms with E-state index in [0.717, 1.165) is 19.5 Å². The van der Waals surface area contributed by atoms with Crippen LogP contribution in [0.3, 0.4) is 0 Å². The van der Waals surface area contributed by atoms with Crippen LogP contribution < -0.4 is 10.9 Å². The lowest BCUT2D eigenvalue weighted by Crippen LogP contribution is -2.40. The quantitative estimate of drug-likeness (QED) is 0.936. The highest BCUT2D eigenvalue weighted by atomic mass is 16.2. The molecule has 0 radical (unpaired) electrons. The van der Waals surface area contributed by atoms with Gasteiger partial charge in [-0.3, -0.25) is 14.5 Å². The molecule has 1 fully saturated rings. The van der Waals surface area contributed by atoms with Crippen LogP contribution in [-0.4, -0.2) is 41.1 Å². The van der Waals surface area contributed by atoms with Gasteiger partial charge in [-0.2, -0.15) is 0 Å². The molecular weight excluding hydrogens is 290 g/mol. The highest BCUT2D eigenvalue weighted by Gasteiger charge is 2.23. The number of likely N-dealkylation sites (tertiary alicyclic amines) is 1. The zero-order valence-corrected chi connectivity index (χ0v) is 13.7. The van der Waals surface area contributed by atoms with Crippen LogP contribution in [0.4, 0.5) is 0 Å². The van der Waals surface area contributed by atoms with Gasteiger partial charge in [0.05, 0.1) is 5.56 Å². The van der Waals surface area contributed by atoms with Crippen LogP contribution in [0.25, 0.3) is 10.8 Å². The molecule has 0 bridgehead atoms. The average Bonchev–Trinajstić information content (AvgIpc) is 3.03. The topological polar surface area (TPSA) is 54.3 Å². The summed E-state index contributed by atoms with van der Waals surface area (Å²) in [6, 6.07) is 7.70. The van der Waals surface area contributed by atoms with Gasteiger partial charge in [-0.15, -0.1) is 0 Å². The van der Waals surface area contributed by atoms with Gasteiger partial charge in [0.1, 0.15) is 0 Å². The predicted octanol–water partition coefficient (Wildman–Crippen LogP) is 1.75. The van der Waals surface area contributed by atoms with Crippen molar-refractivity contribution in [1.29, 1.82) is 0 Å². The number of hydrogen-bond acceptors (Lipinski definition) is 3. The molecule has 0 spiro atoms. The van der Waals surface area contributed by atoms with Crippen molar-refractivity contribution in [3.05, 3.63) is 46.4 Å². The van der Waals surface area contributed by atoms with E-state index < -0.39 is 0 Å². The first kappa shape index (κ1) is 15.7. The van der Waals surface area contributed by atoms with Crippen LogP contribution in [0.1, 0.15) is 30.1 Å². The molecule has 1 aromatic heterocycles. The number of nitrogens with one attached hydrogen (secondary N) is 1. The van der Waals surface area contributed by atoms with E-state index in [0.29, 0.717) is 28.9 Å². The van der Waals surface area contributed by atoms with Gasteiger partial charge < -0.3 is 9.88 Å². The molecule has 0 aliphatic carbocycles. The van der Waals surface area contributed by atoms with E-state index in [1.165, 1.54) is 11.0 Å². The van der Waals surface area contributed by atoms with Gasteiger partial charge in [-0.05, 0) is 32.0 Å². The predicted molar refractivity (Wildman–Crippen MR) is 91.8 cm³/mol. The number of aryl methyl sites for hydroxylation is 1. The van der Waals surface area contributed by atoms with Crippen LogP contribution in [-0.2, 0) is 7.05 Å². The molecule has 1 amide bonds. The zero-order chi connectivity index (χ0) is 16.4. The van der Waals surface area contributed by atoms with E-state index in [4.69, 9.17) is 0 Å². The van der Waals surface area contributed by atoms with Crippen molar-refractivity contribution >= 4 is 16.7 Å². The molecule has 5 nitrogen and oxygen atoms in total. The van der Waals surface area contributed by atoms with E-state index in [-0.39, 0.29) is 11.5 Å². The summed E-state index contributed by atoms with van der Waals surface area (Å²) in [5.41, 5.74) is 0.480. The maximum absolute atomic E-state index is 12.6. The SMILES string of the molecule is CCN1CCC[C@@H]1CNC(=O)c1cn(C)c(=O)c2ccccc12. The molecule has 1 atom stereocenters. The number of likely N-dealkylation sites (N-methyl/N-ethyl adjacent to an activating group) is 1. The minimum atomic E-state index is -0.111. The van der Waals surface area contributed by atoms with Gasteiger partial charge in [-0.1, -0.05) is 25.1 Å². The fourth-order valence-corrected chi connectivity index (χ4v) is 3.45. The molecule has 122 valence electrons. The summed E-state index contributed by atoms with van der Waals surface area (Å²) in [6.07, 6.45) is 3.95. The summed E-state index contributed by atoms with van der Waals surface area (Å²) in [7, 11) is 1.68. The molecule has 1 aliphatic heterocycles. The molecule has 1 aromatic carbocycles. The van der Waals surface area contributed by atoms with E-state index in [1.54, 1.807) is 19.3 Å². The molecule has 2 heterocycles. The largest absolute Gasteiger partial charge is 0.350 e. The number of amides is 1. The van der Waals surface area contributed by atoms with E-state index >= 15 is 0 Å². The van der Waals surface area contributed by atoms with Crippen LogP contribution >= 0.6 is 0 Å². The highest BCUT2D eigenvalue weighted by Crippen LogP contribution is 2.17. The molecule has 1 N–H and O–H groups in total. The second kappa shape index (κ2) is 6.54. The van der Waals surface area contributed by atoms with Crippen molar-refractivity contribution in [3.8, 4) is 0 Å². The lowest BCUT2D eigenvalue weighted by atomic mass is 10.1. The first-order valence-corrected chi connectivity index (χ1v) is 8.22. The molecular formula is C18H23N3O2. The molecule has 1 saturated heterocycles. The van der Waals surface area contributed by atoms with Crippen LogP contribution in [0.15, 0.2) is 35.3 Å². The number of rotatable bonds is 4. The smallest absolute Gasteiger partial charge is 0.258 e. The normalized spacial score (nSPS) is 18.4. The van der Waals surface area contributed by atoms with Gasteiger partial charge in [0, 0.05) is 36.6 Å². The minimum absolute atomic E-state index is 0.0786. The number of carbonyl (C=O) groups is 1. The third-order valence-electron chi connectivity index (χ3n) is 4.74. The van der Waals surface area contributed by atoms with E-state index in [1.807, 2.05) is 18.2 Å². The van der Waals surface area contributed by atoms with Gasteiger partial charge >= 0.3 is 0 Å². The van der Waals surface area contributed by atoms with Crippen molar-refractivity contribution in [2.24, 2.45) is 7.05 Å². The third kappa shape index (κ3) is 3.01. The summed E-state index contributed by atoms with van der Waals surface area (Å²) in [5, 5.41) is 4.34. The molecule has 0 saturated carbocycles. The number of fused-ring (bicyclic) bond motifs is 1. The lowest BCUT2D eigenvalue weighted by molar-refractivity contribution is 0.0942. The van der Waals surface area contributed by atoms with Gasteiger partial charge in [0.2, 0.25) is 0 Å². The summed E-state index contributed by atoms with van der Waals surface area (Å²) in [5.74, 6) is -0.111. The Kier molecular flexibility index (Phi) is 4.48. The Balaban J connectivity index is 1.84. The number of nitrogens with zero attached hydrogens (tertiary/aromatic N) is 2. The van der Waals surface area contributed by atoms with E-state index in [2.05, 4.69) is 17.1 Å². The Morgan fingerprint density at radius 1 is 1.30 bits per heavy atom. The van der Waals surface area contributed by atoms with Crippen molar-refractivity contribution in [2.45, 2.75) is 25.8 Å². The molecule has 23 heavy (non-hydrogen) atoms. The van der Waals surface area contributed by atoms with Crippen LogP contribution in [0.5, 0.6) is 0 Å². The molecule has 5 heteroatoms. The van der Waals surface area contributed by atoms with Gasteiger partial charge in [0.15, 0.2) is 0 Å². The minimum Gasteiger partial charge on any atom is -0.350 e. The molecule has 0 unspecified atom stereocenters. The maximum Gasteiger partial charge on any atom is 0.258 e. The Bertz CT molecular complexity index is 781. The van der Waals surface area contributed by atoms with Crippen molar-refractivity contribution in [3.63, 3.8) is 0 Å². The third-order valence-corrected chi connectivity index (χ3v) is 4.74.